The number of carboxylic acid groups (broad SMARTS) is 1. The van der Waals surface area contributed by atoms with E-state index in [4.69, 9.17) is 11.5 Å². The third-order valence-corrected chi connectivity index (χ3v) is 4.05. The van der Waals surface area contributed by atoms with Crippen LogP contribution in [0.4, 0.5) is 11.6 Å². The fourth-order valence-electron chi connectivity index (χ4n) is 2.28. The van der Waals surface area contributed by atoms with E-state index in [1.807, 2.05) is 0 Å². The van der Waals surface area contributed by atoms with Crippen molar-refractivity contribution in [3.05, 3.63) is 29.0 Å². The Labute approximate surface area is 124 Å². The van der Waals surface area contributed by atoms with Crippen LogP contribution in [-0.2, 0) is 12.8 Å². The van der Waals surface area contributed by atoms with Crippen LogP contribution >= 0.6 is 11.8 Å². The van der Waals surface area contributed by atoms with E-state index in [1.54, 1.807) is 6.07 Å². The van der Waals surface area contributed by atoms with E-state index >= 15 is 0 Å². The molecule has 0 amide bonds. The van der Waals surface area contributed by atoms with Crippen molar-refractivity contribution in [1.82, 2.24) is 15.0 Å². The van der Waals surface area contributed by atoms with Gasteiger partial charge >= 0.3 is 5.97 Å². The summed E-state index contributed by atoms with van der Waals surface area (Å²) in [4.78, 5) is 23.9. The fraction of sp³-hybridized carbons (Fsp3) is 0.231. The van der Waals surface area contributed by atoms with Gasteiger partial charge in [-0.05, 0) is 42.7 Å². The number of carboxylic acids is 1. The van der Waals surface area contributed by atoms with E-state index in [1.165, 1.54) is 6.07 Å². The van der Waals surface area contributed by atoms with Crippen LogP contribution in [0.5, 0.6) is 0 Å². The van der Waals surface area contributed by atoms with Gasteiger partial charge < -0.3 is 16.6 Å². The molecule has 8 heteroatoms. The van der Waals surface area contributed by atoms with Gasteiger partial charge in [-0.15, -0.1) is 0 Å². The second-order valence-electron chi connectivity index (χ2n) is 4.71. The molecule has 0 saturated carbocycles. The second-order valence-corrected chi connectivity index (χ2v) is 5.66. The first-order chi connectivity index (χ1) is 10.0. The molecule has 0 radical (unpaired) electrons. The van der Waals surface area contributed by atoms with Gasteiger partial charge in [0.1, 0.15) is 16.7 Å². The van der Waals surface area contributed by atoms with Crippen LogP contribution in [0, 0.1) is 0 Å². The maximum absolute atomic E-state index is 11.4. The number of carbonyl (C=O) groups is 1. The molecule has 0 atom stereocenters. The van der Waals surface area contributed by atoms with E-state index in [0.717, 1.165) is 42.3 Å². The van der Waals surface area contributed by atoms with E-state index in [9.17, 15) is 9.90 Å². The standard InChI is InChI=1S/C13H13N5O2S/c14-9-5-10(15)18-13(17-9)21-11-7(12(19)20)4-6-2-1-3-8(6)16-11/h4-5H,1-3H2,(H,19,20)(H4,14,15,17,18). The van der Waals surface area contributed by atoms with Gasteiger partial charge in [-0.3, -0.25) is 0 Å². The Morgan fingerprint density at radius 2 is 1.86 bits per heavy atom. The van der Waals surface area contributed by atoms with Gasteiger partial charge in [0.05, 0.1) is 5.56 Å². The fourth-order valence-corrected chi connectivity index (χ4v) is 3.17. The lowest BCUT2D eigenvalue weighted by molar-refractivity contribution is 0.0692. The summed E-state index contributed by atoms with van der Waals surface area (Å²) in [6.45, 7) is 0. The summed E-state index contributed by atoms with van der Waals surface area (Å²) in [7, 11) is 0. The molecular weight excluding hydrogens is 290 g/mol. The number of nitrogens with two attached hydrogens (primary N) is 2. The monoisotopic (exact) mass is 303 g/mol. The number of nitrogen functional groups attached to an aromatic ring is 2. The van der Waals surface area contributed by atoms with Crippen LogP contribution in [0.1, 0.15) is 28.0 Å². The number of hydrogen-bond donors (Lipinski definition) is 3. The van der Waals surface area contributed by atoms with Crippen LogP contribution < -0.4 is 11.5 Å². The maximum atomic E-state index is 11.4. The van der Waals surface area contributed by atoms with Crippen LogP contribution in [0.2, 0.25) is 0 Å². The summed E-state index contributed by atoms with van der Waals surface area (Å²) in [5.74, 6) is -0.539. The highest BCUT2D eigenvalue weighted by Crippen LogP contribution is 2.31. The Morgan fingerprint density at radius 3 is 2.52 bits per heavy atom. The molecule has 2 aromatic rings. The summed E-state index contributed by atoms with van der Waals surface area (Å²) in [6.07, 6.45) is 2.73. The summed E-state index contributed by atoms with van der Waals surface area (Å²) < 4.78 is 0. The lowest BCUT2D eigenvalue weighted by Gasteiger charge is -2.08. The minimum Gasteiger partial charge on any atom is -0.478 e. The number of hydrogen-bond acceptors (Lipinski definition) is 7. The van der Waals surface area contributed by atoms with E-state index in [-0.39, 0.29) is 17.2 Å². The number of nitrogens with zero attached hydrogens (tertiary/aromatic N) is 3. The molecule has 21 heavy (non-hydrogen) atoms. The van der Waals surface area contributed by atoms with Crippen molar-refractivity contribution in [2.24, 2.45) is 0 Å². The lowest BCUT2D eigenvalue weighted by atomic mass is 10.1. The average molecular weight is 303 g/mol. The molecule has 1 aliphatic carbocycles. The molecule has 0 unspecified atom stereocenters. The number of aromatic carboxylic acids is 1. The largest absolute Gasteiger partial charge is 0.478 e. The Bertz CT molecular complexity index is 714. The molecule has 0 saturated heterocycles. The second kappa shape index (κ2) is 5.21. The predicted octanol–water partition coefficient (Wildman–Crippen LogP) is 1.37. The molecule has 7 nitrogen and oxygen atoms in total. The quantitative estimate of drug-likeness (QED) is 0.725. The van der Waals surface area contributed by atoms with Gasteiger partial charge in [0.25, 0.3) is 0 Å². The molecule has 2 aromatic heterocycles. The van der Waals surface area contributed by atoms with Crippen LogP contribution in [-0.4, -0.2) is 26.0 Å². The summed E-state index contributed by atoms with van der Waals surface area (Å²) >= 11 is 1.06. The summed E-state index contributed by atoms with van der Waals surface area (Å²) in [5.41, 5.74) is 13.3. The zero-order chi connectivity index (χ0) is 15.0. The predicted molar refractivity (Wildman–Crippen MR) is 78.2 cm³/mol. The van der Waals surface area contributed by atoms with Gasteiger partial charge in [0.2, 0.25) is 0 Å². The minimum absolute atomic E-state index is 0.158. The molecule has 0 fully saturated rings. The number of pyridine rings is 1. The molecule has 108 valence electrons. The van der Waals surface area contributed by atoms with Crippen molar-refractivity contribution in [3.8, 4) is 0 Å². The van der Waals surface area contributed by atoms with E-state index < -0.39 is 5.97 Å². The van der Waals surface area contributed by atoms with Crippen molar-refractivity contribution in [2.45, 2.75) is 29.4 Å². The van der Waals surface area contributed by atoms with Crippen LogP contribution in [0.25, 0.3) is 0 Å². The first-order valence-electron chi connectivity index (χ1n) is 6.37. The van der Waals surface area contributed by atoms with E-state index in [0.29, 0.717) is 10.2 Å². The van der Waals surface area contributed by atoms with Crippen LogP contribution in [0.15, 0.2) is 22.3 Å². The molecule has 0 spiro atoms. The smallest absolute Gasteiger partial charge is 0.338 e. The number of aromatic nitrogens is 3. The van der Waals surface area contributed by atoms with Gasteiger partial charge in [0.15, 0.2) is 5.16 Å². The highest BCUT2D eigenvalue weighted by molar-refractivity contribution is 7.99. The highest BCUT2D eigenvalue weighted by Gasteiger charge is 2.21. The normalized spacial score (nSPS) is 13.1. The topological polar surface area (TPSA) is 128 Å². The molecule has 2 heterocycles. The Hall–Kier alpha value is -2.35. The zero-order valence-corrected chi connectivity index (χ0v) is 11.9. The number of rotatable bonds is 3. The number of anilines is 2. The average Bonchev–Trinajstić information content (AvgIpc) is 2.83. The van der Waals surface area contributed by atoms with Crippen molar-refractivity contribution < 1.29 is 9.90 Å². The van der Waals surface area contributed by atoms with E-state index in [2.05, 4.69) is 15.0 Å². The SMILES string of the molecule is Nc1cc(N)nc(Sc2nc3c(cc2C(=O)O)CCC3)n1. The molecule has 5 N–H and O–H groups in total. The molecule has 0 aromatic carbocycles. The number of fused-ring (bicyclic) bond motifs is 1. The Balaban J connectivity index is 2.03. The molecule has 1 aliphatic rings. The van der Waals surface area contributed by atoms with Crippen LogP contribution in [0.3, 0.4) is 0 Å². The highest BCUT2D eigenvalue weighted by atomic mass is 32.2. The van der Waals surface area contributed by atoms with Gasteiger partial charge in [0, 0.05) is 11.8 Å². The van der Waals surface area contributed by atoms with Crippen molar-refractivity contribution >= 4 is 29.4 Å². The minimum atomic E-state index is -1.02. The molecule has 0 aliphatic heterocycles. The molecular formula is C13H13N5O2S. The van der Waals surface area contributed by atoms with Gasteiger partial charge in [-0.2, -0.15) is 0 Å². The number of aryl methyl sites for hydroxylation is 2. The van der Waals surface area contributed by atoms with Crippen molar-refractivity contribution in [2.75, 3.05) is 11.5 Å². The Kier molecular flexibility index (Phi) is 3.38. The third-order valence-electron chi connectivity index (χ3n) is 3.18. The molecule has 0 bridgehead atoms. The summed E-state index contributed by atoms with van der Waals surface area (Å²) in [6, 6.07) is 3.13. The lowest BCUT2D eigenvalue weighted by Crippen LogP contribution is -2.05. The first-order valence-corrected chi connectivity index (χ1v) is 7.18. The first kappa shape index (κ1) is 13.6. The third kappa shape index (κ3) is 2.75. The van der Waals surface area contributed by atoms with Crippen molar-refractivity contribution in [1.29, 1.82) is 0 Å². The molecule has 3 rings (SSSR count). The zero-order valence-electron chi connectivity index (χ0n) is 11.0. The van der Waals surface area contributed by atoms with Gasteiger partial charge in [-0.25, -0.2) is 19.7 Å². The van der Waals surface area contributed by atoms with Crippen molar-refractivity contribution in [3.63, 3.8) is 0 Å². The van der Waals surface area contributed by atoms with Gasteiger partial charge in [-0.1, -0.05) is 0 Å². The maximum Gasteiger partial charge on any atom is 0.338 e. The Morgan fingerprint density at radius 1 is 1.14 bits per heavy atom. The summed E-state index contributed by atoms with van der Waals surface area (Å²) in [5, 5.41) is 10.0.